The summed E-state index contributed by atoms with van der Waals surface area (Å²) >= 11 is 6.80. The fourth-order valence-electron chi connectivity index (χ4n) is 2.62. The molecule has 6 nitrogen and oxygen atoms in total. The Morgan fingerprint density at radius 2 is 2.00 bits per heavy atom. The first-order valence-corrected chi connectivity index (χ1v) is 9.63. The molecule has 2 heterocycles. The minimum absolute atomic E-state index is 0.270. The fraction of sp³-hybridized carbons (Fsp3) is 0.211. The number of esters is 1. The van der Waals surface area contributed by atoms with E-state index in [4.69, 9.17) is 17.0 Å². The molecule has 0 saturated carbocycles. The van der Waals surface area contributed by atoms with Gasteiger partial charge in [-0.15, -0.1) is 11.3 Å². The summed E-state index contributed by atoms with van der Waals surface area (Å²) in [6.45, 7) is 4.32. The van der Waals surface area contributed by atoms with Crippen molar-refractivity contribution in [2.24, 2.45) is 0 Å². The zero-order valence-corrected chi connectivity index (χ0v) is 17.2. The van der Waals surface area contributed by atoms with Crippen LogP contribution in [0, 0.1) is 19.7 Å². The van der Waals surface area contributed by atoms with Gasteiger partial charge in [0.1, 0.15) is 10.8 Å². The molecular weight excluding hydrogens is 399 g/mol. The lowest BCUT2D eigenvalue weighted by Gasteiger charge is -2.09. The minimum Gasteiger partial charge on any atom is -0.465 e. The van der Waals surface area contributed by atoms with Gasteiger partial charge in [-0.1, -0.05) is 12.1 Å². The number of hydrogen-bond donors (Lipinski definition) is 2. The number of thiophene rings is 1. The van der Waals surface area contributed by atoms with E-state index in [2.05, 4.69) is 15.7 Å². The van der Waals surface area contributed by atoms with E-state index in [9.17, 15) is 9.18 Å². The normalized spacial score (nSPS) is 10.6. The maximum absolute atomic E-state index is 13.0. The average Bonchev–Trinajstić information content (AvgIpc) is 3.20. The van der Waals surface area contributed by atoms with Crippen LogP contribution in [-0.2, 0) is 11.3 Å². The summed E-state index contributed by atoms with van der Waals surface area (Å²) in [5.41, 5.74) is 2.99. The first-order chi connectivity index (χ1) is 13.4. The van der Waals surface area contributed by atoms with E-state index >= 15 is 0 Å². The second-order valence-electron chi connectivity index (χ2n) is 6.11. The van der Waals surface area contributed by atoms with E-state index in [1.165, 1.54) is 30.6 Å². The monoisotopic (exact) mass is 418 g/mol. The number of aromatic nitrogens is 2. The van der Waals surface area contributed by atoms with Crippen molar-refractivity contribution in [3.8, 4) is 0 Å². The summed E-state index contributed by atoms with van der Waals surface area (Å²) in [7, 11) is 1.35. The quantitative estimate of drug-likeness (QED) is 0.474. The van der Waals surface area contributed by atoms with Crippen molar-refractivity contribution in [2.45, 2.75) is 20.4 Å². The number of benzene rings is 1. The number of aryl methyl sites for hydroxylation is 1. The summed E-state index contributed by atoms with van der Waals surface area (Å²) in [5.74, 6) is -0.673. The largest absolute Gasteiger partial charge is 0.465 e. The predicted octanol–water partition coefficient (Wildman–Crippen LogP) is 4.34. The van der Waals surface area contributed by atoms with Crippen LogP contribution in [-0.4, -0.2) is 28.0 Å². The summed E-state index contributed by atoms with van der Waals surface area (Å²) < 4.78 is 19.6. The van der Waals surface area contributed by atoms with Crippen molar-refractivity contribution in [2.75, 3.05) is 17.7 Å². The number of nitrogens with one attached hydrogen (secondary N) is 2. The molecule has 3 rings (SSSR count). The van der Waals surface area contributed by atoms with Crippen LogP contribution in [0.3, 0.4) is 0 Å². The molecule has 0 aliphatic carbocycles. The molecule has 0 unspecified atom stereocenters. The molecule has 2 N–H and O–H groups in total. The third-order valence-corrected chi connectivity index (χ3v) is 5.48. The van der Waals surface area contributed by atoms with Crippen molar-refractivity contribution in [1.82, 2.24) is 9.78 Å². The second kappa shape index (κ2) is 8.49. The highest BCUT2D eigenvalue weighted by molar-refractivity contribution is 7.80. The minimum atomic E-state index is -0.403. The zero-order chi connectivity index (χ0) is 20.3. The molecule has 146 valence electrons. The number of methoxy groups -OCH3 is 1. The second-order valence-corrected chi connectivity index (χ2v) is 7.74. The van der Waals surface area contributed by atoms with Crippen molar-refractivity contribution in [3.05, 3.63) is 64.0 Å². The Balaban J connectivity index is 1.66. The molecule has 1 aromatic carbocycles. The van der Waals surface area contributed by atoms with Crippen LogP contribution >= 0.6 is 23.6 Å². The van der Waals surface area contributed by atoms with E-state index in [1.807, 2.05) is 13.8 Å². The van der Waals surface area contributed by atoms with E-state index in [0.29, 0.717) is 27.9 Å². The molecular formula is C19H19FN4O2S2. The highest BCUT2D eigenvalue weighted by Gasteiger charge is 2.20. The molecule has 0 atom stereocenters. The highest BCUT2D eigenvalue weighted by atomic mass is 32.1. The van der Waals surface area contributed by atoms with Gasteiger partial charge < -0.3 is 15.4 Å². The summed E-state index contributed by atoms with van der Waals surface area (Å²) in [4.78, 5) is 13.1. The van der Waals surface area contributed by atoms with Gasteiger partial charge in [0.15, 0.2) is 5.11 Å². The molecule has 0 saturated heterocycles. The maximum atomic E-state index is 13.0. The summed E-state index contributed by atoms with van der Waals surface area (Å²) in [6, 6.07) is 6.26. The Hall–Kier alpha value is -2.78. The highest BCUT2D eigenvalue weighted by Crippen LogP contribution is 2.33. The van der Waals surface area contributed by atoms with Gasteiger partial charge in [0.25, 0.3) is 0 Å². The van der Waals surface area contributed by atoms with Crippen molar-refractivity contribution in [1.29, 1.82) is 0 Å². The van der Waals surface area contributed by atoms with Gasteiger partial charge in [0, 0.05) is 11.1 Å². The van der Waals surface area contributed by atoms with Crippen LogP contribution < -0.4 is 10.6 Å². The van der Waals surface area contributed by atoms with Crippen molar-refractivity contribution in [3.63, 3.8) is 0 Å². The number of hydrogen-bond acceptors (Lipinski definition) is 5. The Bertz CT molecular complexity index is 1010. The average molecular weight is 419 g/mol. The molecule has 0 amide bonds. The van der Waals surface area contributed by atoms with Crippen LogP contribution in [0.2, 0.25) is 0 Å². The zero-order valence-electron chi connectivity index (χ0n) is 15.6. The van der Waals surface area contributed by atoms with Crippen molar-refractivity contribution < 1.29 is 13.9 Å². The van der Waals surface area contributed by atoms with Crippen LogP contribution in [0.1, 0.15) is 26.4 Å². The number of ether oxygens (including phenoxy) is 1. The number of nitrogens with zero attached hydrogens (tertiary/aromatic N) is 2. The Kier molecular flexibility index (Phi) is 6.05. The molecule has 2 aromatic heterocycles. The number of carbonyl (C=O) groups excluding carboxylic acids is 1. The molecule has 3 aromatic rings. The molecule has 0 spiro atoms. The number of rotatable bonds is 5. The fourth-order valence-corrected chi connectivity index (χ4v) is 3.96. The smallest absolute Gasteiger partial charge is 0.341 e. The lowest BCUT2D eigenvalue weighted by molar-refractivity contribution is 0.0601. The van der Waals surface area contributed by atoms with Gasteiger partial charge in [0.05, 0.1) is 31.1 Å². The van der Waals surface area contributed by atoms with E-state index in [-0.39, 0.29) is 5.82 Å². The predicted molar refractivity (Wildman–Crippen MR) is 113 cm³/mol. The van der Waals surface area contributed by atoms with Gasteiger partial charge in [-0.05, 0) is 49.3 Å². The summed E-state index contributed by atoms with van der Waals surface area (Å²) in [6.07, 6.45) is 3.44. The summed E-state index contributed by atoms with van der Waals surface area (Å²) in [5, 5.41) is 11.4. The Morgan fingerprint density at radius 3 is 2.68 bits per heavy atom. The number of thiocarbonyl (C=S) groups is 1. The first-order valence-electron chi connectivity index (χ1n) is 8.40. The van der Waals surface area contributed by atoms with Crippen molar-refractivity contribution >= 4 is 45.3 Å². The van der Waals surface area contributed by atoms with Gasteiger partial charge >= 0.3 is 5.97 Å². The maximum Gasteiger partial charge on any atom is 0.341 e. The lowest BCUT2D eigenvalue weighted by Crippen LogP contribution is -2.19. The lowest BCUT2D eigenvalue weighted by atomic mass is 10.1. The molecule has 9 heteroatoms. The molecule has 0 aliphatic heterocycles. The van der Waals surface area contributed by atoms with Gasteiger partial charge in [0.2, 0.25) is 0 Å². The number of anilines is 2. The SMILES string of the molecule is COC(=O)c1c(NC(=S)Nc2cnn(Cc3ccc(F)cc3)c2)sc(C)c1C. The van der Waals surface area contributed by atoms with Crippen LogP contribution in [0.5, 0.6) is 0 Å². The van der Waals surface area contributed by atoms with E-state index in [1.54, 1.807) is 29.2 Å². The molecule has 0 radical (unpaired) electrons. The molecule has 0 aliphatic rings. The van der Waals surface area contributed by atoms with E-state index < -0.39 is 5.97 Å². The van der Waals surface area contributed by atoms with Crippen LogP contribution in [0.25, 0.3) is 0 Å². The number of halogens is 1. The Morgan fingerprint density at radius 1 is 1.29 bits per heavy atom. The third-order valence-electron chi connectivity index (χ3n) is 4.15. The van der Waals surface area contributed by atoms with E-state index in [0.717, 1.165) is 16.0 Å². The molecule has 0 bridgehead atoms. The molecule has 28 heavy (non-hydrogen) atoms. The molecule has 0 fully saturated rings. The van der Waals surface area contributed by atoms with Gasteiger partial charge in [-0.25, -0.2) is 9.18 Å². The third kappa shape index (κ3) is 4.55. The van der Waals surface area contributed by atoms with Gasteiger partial charge in [-0.2, -0.15) is 5.10 Å². The van der Waals surface area contributed by atoms with Crippen LogP contribution in [0.15, 0.2) is 36.7 Å². The van der Waals surface area contributed by atoms with Gasteiger partial charge in [-0.3, -0.25) is 4.68 Å². The topological polar surface area (TPSA) is 68.2 Å². The Labute approximate surface area is 171 Å². The first kappa shape index (κ1) is 20.0. The standard InChI is InChI=1S/C19H19FN4O2S2/c1-11-12(2)28-17(16(11)18(25)26-3)23-19(27)22-15-8-21-24(10-15)9-13-4-6-14(20)7-5-13/h4-8,10H,9H2,1-3H3,(H2,22,23,27). The number of carbonyl (C=O) groups is 1. The van der Waals surface area contributed by atoms with Crippen LogP contribution in [0.4, 0.5) is 15.1 Å².